The molecule has 0 saturated heterocycles. The van der Waals surface area contributed by atoms with Crippen LogP contribution in [0, 0.1) is 25.6 Å². The summed E-state index contributed by atoms with van der Waals surface area (Å²) in [6.45, 7) is 10.4. The van der Waals surface area contributed by atoms with Crippen LogP contribution in [-0.2, 0) is 9.59 Å². The van der Waals surface area contributed by atoms with Gasteiger partial charge in [0.25, 0.3) is 5.91 Å². The van der Waals surface area contributed by atoms with Crippen molar-refractivity contribution in [3.05, 3.63) is 76.2 Å². The molecule has 0 aliphatic carbocycles. The van der Waals surface area contributed by atoms with Crippen molar-refractivity contribution in [1.29, 1.82) is 0 Å². The van der Waals surface area contributed by atoms with Crippen molar-refractivity contribution in [1.82, 2.24) is 15.1 Å². The molecule has 0 saturated carbocycles. The Kier molecular flexibility index (Phi) is 7.15. The number of amides is 4. The number of benzene rings is 2. The number of nitrogens with one attached hydrogen (secondary N) is 2. The molecule has 36 heavy (non-hydrogen) atoms. The fourth-order valence-electron chi connectivity index (χ4n) is 5.06. The highest BCUT2D eigenvalue weighted by molar-refractivity contribution is 6.05. The molecule has 8 heteroatoms. The average molecular weight is 493 g/mol. The fourth-order valence-corrected chi connectivity index (χ4v) is 5.06. The lowest BCUT2D eigenvalue weighted by Gasteiger charge is -2.33. The van der Waals surface area contributed by atoms with Crippen molar-refractivity contribution >= 4 is 23.5 Å². The second kappa shape index (κ2) is 10.1. The van der Waals surface area contributed by atoms with E-state index in [1.807, 2.05) is 52.8 Å². The molecule has 2 heterocycles. The summed E-state index contributed by atoms with van der Waals surface area (Å²) in [5.41, 5.74) is 4.54. The summed E-state index contributed by atoms with van der Waals surface area (Å²) in [4.78, 5) is 43.6. The summed E-state index contributed by atoms with van der Waals surface area (Å²) in [6.07, 6.45) is 0.445. The Bertz CT molecular complexity index is 1220. The Balaban J connectivity index is 1.70. The number of aryl methyl sites for hydroxylation is 2. The zero-order valence-electron chi connectivity index (χ0n) is 21.4. The molecule has 4 amide bonds. The van der Waals surface area contributed by atoms with Gasteiger partial charge in [-0.2, -0.15) is 0 Å². The quantitative estimate of drug-likeness (QED) is 0.589. The maximum atomic E-state index is 14.0. The van der Waals surface area contributed by atoms with Gasteiger partial charge in [-0.3, -0.25) is 14.5 Å². The molecule has 190 valence electrons. The van der Waals surface area contributed by atoms with Gasteiger partial charge >= 0.3 is 6.03 Å². The number of carbonyl (C=O) groups excluding carboxylic acids is 3. The number of carbonyl (C=O) groups is 3. The van der Waals surface area contributed by atoms with E-state index >= 15 is 0 Å². The molecule has 0 bridgehead atoms. The standard InChI is InChI=1S/C28H33FN4O3/c1-6-32-23-15-33(22(13-16(2)3)26(34)30-20-10-8-19(29)9-11-20)27(35)24(23)25(31-28(32)36)21-12-7-17(4)14-18(21)5/h7-12,14,16,22,25H,6,13,15H2,1-5H3,(H,30,34)(H,31,36)/t22-,25+/m1/s1. The van der Waals surface area contributed by atoms with E-state index in [9.17, 15) is 18.8 Å². The molecule has 0 unspecified atom stereocenters. The number of rotatable bonds is 7. The Hall–Kier alpha value is -3.68. The highest BCUT2D eigenvalue weighted by Crippen LogP contribution is 2.38. The normalized spacial score (nSPS) is 18.5. The van der Waals surface area contributed by atoms with Gasteiger partial charge in [0.05, 0.1) is 23.9 Å². The lowest BCUT2D eigenvalue weighted by atomic mass is 9.91. The van der Waals surface area contributed by atoms with Crippen LogP contribution in [0.1, 0.15) is 49.9 Å². The number of hydrogen-bond acceptors (Lipinski definition) is 3. The first-order chi connectivity index (χ1) is 17.1. The number of nitrogens with zero attached hydrogens (tertiary/aromatic N) is 2. The van der Waals surface area contributed by atoms with Crippen LogP contribution in [0.15, 0.2) is 53.7 Å². The van der Waals surface area contributed by atoms with E-state index in [2.05, 4.69) is 10.6 Å². The lowest BCUT2D eigenvalue weighted by molar-refractivity contribution is -0.134. The molecule has 0 radical (unpaired) electrons. The van der Waals surface area contributed by atoms with E-state index in [0.717, 1.165) is 16.7 Å². The molecule has 7 nitrogen and oxygen atoms in total. The number of hydrogen-bond donors (Lipinski definition) is 2. The molecule has 0 spiro atoms. The van der Waals surface area contributed by atoms with Gasteiger partial charge in [0.15, 0.2) is 0 Å². The molecule has 2 aromatic rings. The van der Waals surface area contributed by atoms with E-state index in [1.165, 1.54) is 24.3 Å². The van der Waals surface area contributed by atoms with Crippen LogP contribution in [0.4, 0.5) is 14.9 Å². The number of urea groups is 1. The molecule has 0 fully saturated rings. The minimum absolute atomic E-state index is 0.136. The first-order valence-corrected chi connectivity index (χ1v) is 12.4. The van der Waals surface area contributed by atoms with Crippen LogP contribution in [0.25, 0.3) is 0 Å². The molecule has 4 rings (SSSR count). The summed E-state index contributed by atoms with van der Waals surface area (Å²) < 4.78 is 13.3. The van der Waals surface area contributed by atoms with E-state index in [0.29, 0.717) is 29.9 Å². The Morgan fingerprint density at radius 2 is 1.83 bits per heavy atom. The number of anilines is 1. The van der Waals surface area contributed by atoms with Gasteiger partial charge in [0.2, 0.25) is 5.91 Å². The SMILES string of the molecule is CCN1C(=O)N[C@@H](c2ccc(C)cc2C)C2=C1CN([C@H](CC(C)C)C(=O)Nc1ccc(F)cc1)C2=O. The van der Waals surface area contributed by atoms with Crippen molar-refractivity contribution in [2.45, 2.75) is 53.1 Å². The van der Waals surface area contributed by atoms with Crippen LogP contribution in [0.3, 0.4) is 0 Å². The summed E-state index contributed by atoms with van der Waals surface area (Å²) in [5.74, 6) is -0.855. The van der Waals surface area contributed by atoms with Crippen LogP contribution < -0.4 is 10.6 Å². The minimum atomic E-state index is -0.748. The highest BCUT2D eigenvalue weighted by Gasteiger charge is 2.47. The minimum Gasteiger partial charge on any atom is -0.326 e. The second-order valence-corrected chi connectivity index (χ2v) is 9.92. The third-order valence-electron chi connectivity index (χ3n) is 6.79. The van der Waals surface area contributed by atoms with Crippen LogP contribution in [0.2, 0.25) is 0 Å². The van der Waals surface area contributed by atoms with E-state index in [4.69, 9.17) is 0 Å². The molecule has 0 aromatic heterocycles. The molecule has 2 aliphatic heterocycles. The maximum absolute atomic E-state index is 14.0. The molecular formula is C28H33FN4O3. The van der Waals surface area contributed by atoms with Crippen molar-refractivity contribution in [3.63, 3.8) is 0 Å². The van der Waals surface area contributed by atoms with Gasteiger partial charge < -0.3 is 15.5 Å². The van der Waals surface area contributed by atoms with Crippen molar-refractivity contribution in [2.24, 2.45) is 5.92 Å². The summed E-state index contributed by atoms with van der Waals surface area (Å²) in [5, 5.41) is 5.85. The Labute approximate surface area is 211 Å². The number of halogens is 1. The van der Waals surface area contributed by atoms with Gasteiger partial charge in [-0.1, -0.05) is 37.6 Å². The van der Waals surface area contributed by atoms with Gasteiger partial charge in [-0.05, 0) is 68.5 Å². The Morgan fingerprint density at radius 1 is 1.14 bits per heavy atom. The zero-order chi connectivity index (χ0) is 26.1. The topological polar surface area (TPSA) is 81.8 Å². The van der Waals surface area contributed by atoms with E-state index in [1.54, 1.807) is 9.80 Å². The zero-order valence-corrected chi connectivity index (χ0v) is 21.4. The fraction of sp³-hybridized carbons (Fsp3) is 0.393. The van der Waals surface area contributed by atoms with Crippen LogP contribution >= 0.6 is 0 Å². The molecule has 2 aromatic carbocycles. The van der Waals surface area contributed by atoms with Crippen LogP contribution in [0.5, 0.6) is 0 Å². The van der Waals surface area contributed by atoms with Crippen molar-refractivity contribution in [2.75, 3.05) is 18.4 Å². The highest BCUT2D eigenvalue weighted by atomic mass is 19.1. The molecular weight excluding hydrogens is 459 g/mol. The average Bonchev–Trinajstić information content (AvgIpc) is 3.15. The van der Waals surface area contributed by atoms with Gasteiger partial charge in [-0.25, -0.2) is 9.18 Å². The Morgan fingerprint density at radius 3 is 2.44 bits per heavy atom. The predicted molar refractivity (Wildman–Crippen MR) is 137 cm³/mol. The van der Waals surface area contributed by atoms with Gasteiger partial charge in [0, 0.05) is 12.2 Å². The molecule has 2 aliphatic rings. The van der Waals surface area contributed by atoms with E-state index < -0.39 is 17.9 Å². The van der Waals surface area contributed by atoms with Crippen LogP contribution in [-0.4, -0.2) is 46.8 Å². The summed E-state index contributed by atoms with van der Waals surface area (Å²) in [6, 6.07) is 9.89. The third-order valence-corrected chi connectivity index (χ3v) is 6.79. The van der Waals surface area contributed by atoms with Gasteiger partial charge in [0.1, 0.15) is 11.9 Å². The summed E-state index contributed by atoms with van der Waals surface area (Å²) >= 11 is 0. The maximum Gasteiger partial charge on any atom is 0.322 e. The molecule has 2 N–H and O–H groups in total. The first kappa shape index (κ1) is 25.4. The predicted octanol–water partition coefficient (Wildman–Crippen LogP) is 4.68. The largest absolute Gasteiger partial charge is 0.326 e. The van der Waals surface area contributed by atoms with Crippen molar-refractivity contribution in [3.8, 4) is 0 Å². The van der Waals surface area contributed by atoms with E-state index in [-0.39, 0.29) is 30.3 Å². The monoisotopic (exact) mass is 492 g/mol. The third kappa shape index (κ3) is 4.85. The smallest absolute Gasteiger partial charge is 0.322 e. The second-order valence-electron chi connectivity index (χ2n) is 9.92. The lowest BCUT2D eigenvalue weighted by Crippen LogP contribution is -2.47. The molecule has 2 atom stereocenters. The van der Waals surface area contributed by atoms with Crippen molar-refractivity contribution < 1.29 is 18.8 Å². The summed E-state index contributed by atoms with van der Waals surface area (Å²) in [7, 11) is 0. The first-order valence-electron chi connectivity index (χ1n) is 12.4. The number of likely N-dealkylation sites (N-methyl/N-ethyl adjacent to an activating group) is 1. The van der Waals surface area contributed by atoms with Gasteiger partial charge in [-0.15, -0.1) is 0 Å².